The fourth-order valence-electron chi connectivity index (χ4n) is 3.46. The minimum atomic E-state index is 0.0140. The third-order valence-electron chi connectivity index (χ3n) is 5.14. The van der Waals surface area contributed by atoms with E-state index in [4.69, 9.17) is 16.9 Å². The van der Waals surface area contributed by atoms with Crippen LogP contribution in [0.5, 0.6) is 0 Å². The lowest BCUT2D eigenvalue weighted by Crippen LogP contribution is -2.50. The quantitative estimate of drug-likeness (QED) is 0.700. The van der Waals surface area contributed by atoms with Crippen LogP contribution < -0.4 is 4.90 Å². The number of anilines is 1. The lowest BCUT2D eigenvalue weighted by Gasteiger charge is -2.35. The number of aryl methyl sites for hydroxylation is 1. The molecule has 0 saturated carbocycles. The Morgan fingerprint density at radius 1 is 1.21 bits per heavy atom. The molecule has 3 rings (SSSR count). The predicted octanol–water partition coefficient (Wildman–Crippen LogP) is 3.11. The number of benzene rings is 1. The molecule has 1 aromatic carbocycles. The lowest BCUT2D eigenvalue weighted by atomic mass is 10.2. The summed E-state index contributed by atoms with van der Waals surface area (Å²) >= 11 is 6.12. The largest absolute Gasteiger partial charge is 0.310 e. The first-order valence-electron chi connectivity index (χ1n) is 9.85. The Hall–Kier alpha value is -2.46. The van der Waals surface area contributed by atoms with E-state index in [2.05, 4.69) is 20.9 Å². The van der Waals surface area contributed by atoms with Crippen molar-refractivity contribution in [3.8, 4) is 6.07 Å². The maximum Gasteiger partial charge on any atom is 0.241 e. The Kier molecular flexibility index (Phi) is 7.59. The Balaban J connectivity index is 1.57. The molecule has 1 aromatic heterocycles. The van der Waals surface area contributed by atoms with Crippen LogP contribution in [0.4, 0.5) is 5.69 Å². The van der Waals surface area contributed by atoms with Crippen LogP contribution in [0.1, 0.15) is 17.7 Å². The molecule has 1 saturated heterocycles. The van der Waals surface area contributed by atoms with Gasteiger partial charge in [0.05, 0.1) is 24.7 Å². The van der Waals surface area contributed by atoms with Crippen molar-refractivity contribution >= 4 is 23.2 Å². The number of hydrogen-bond acceptors (Lipinski definition) is 5. The number of amides is 1. The number of carbonyl (C=O) groups excluding carboxylic acids is 1. The van der Waals surface area contributed by atoms with Gasteiger partial charge in [-0.15, -0.1) is 0 Å². The number of aromatic nitrogens is 1. The average molecular weight is 412 g/mol. The molecule has 0 spiro atoms. The summed E-state index contributed by atoms with van der Waals surface area (Å²) in [6.07, 6.45) is 2.11. The SMILES string of the molecule is Cc1cc(N(CCC#N)C(=O)CN2CCN(Cc3ccccn3)CC2)ccc1Cl. The zero-order valence-electron chi connectivity index (χ0n) is 16.7. The van der Waals surface area contributed by atoms with Crippen molar-refractivity contribution < 1.29 is 4.79 Å². The van der Waals surface area contributed by atoms with Crippen LogP contribution in [-0.4, -0.2) is 60.0 Å². The topological polar surface area (TPSA) is 63.5 Å². The van der Waals surface area contributed by atoms with Crippen molar-refractivity contribution in [1.82, 2.24) is 14.8 Å². The van der Waals surface area contributed by atoms with Gasteiger partial charge in [-0.1, -0.05) is 17.7 Å². The van der Waals surface area contributed by atoms with Crippen molar-refractivity contribution in [2.45, 2.75) is 19.9 Å². The first-order chi connectivity index (χ1) is 14.1. The summed E-state index contributed by atoms with van der Waals surface area (Å²) in [5.41, 5.74) is 2.78. The molecule has 1 aliphatic rings. The number of pyridine rings is 1. The van der Waals surface area contributed by atoms with Crippen LogP contribution in [-0.2, 0) is 11.3 Å². The molecule has 2 aromatic rings. The van der Waals surface area contributed by atoms with Gasteiger partial charge in [0.1, 0.15) is 0 Å². The van der Waals surface area contributed by atoms with Gasteiger partial charge in [0.25, 0.3) is 0 Å². The molecule has 29 heavy (non-hydrogen) atoms. The number of nitrogens with zero attached hydrogens (tertiary/aromatic N) is 5. The van der Waals surface area contributed by atoms with E-state index in [0.717, 1.165) is 49.7 Å². The van der Waals surface area contributed by atoms with E-state index in [-0.39, 0.29) is 5.91 Å². The van der Waals surface area contributed by atoms with Crippen molar-refractivity contribution in [2.24, 2.45) is 0 Å². The van der Waals surface area contributed by atoms with E-state index < -0.39 is 0 Å². The van der Waals surface area contributed by atoms with E-state index in [0.29, 0.717) is 24.5 Å². The number of piperazine rings is 1. The summed E-state index contributed by atoms with van der Waals surface area (Å²) in [5.74, 6) is 0.0140. The number of carbonyl (C=O) groups is 1. The molecule has 0 N–H and O–H groups in total. The van der Waals surface area contributed by atoms with Crippen LogP contribution in [0, 0.1) is 18.3 Å². The van der Waals surface area contributed by atoms with E-state index in [1.54, 1.807) is 11.0 Å². The zero-order chi connectivity index (χ0) is 20.6. The van der Waals surface area contributed by atoms with Crippen LogP contribution in [0.15, 0.2) is 42.6 Å². The van der Waals surface area contributed by atoms with E-state index in [1.165, 1.54) is 0 Å². The Bertz CT molecular complexity index is 859. The summed E-state index contributed by atoms with van der Waals surface area (Å²) < 4.78 is 0. The maximum absolute atomic E-state index is 13.0. The zero-order valence-corrected chi connectivity index (χ0v) is 17.5. The van der Waals surface area contributed by atoms with Gasteiger partial charge in [-0.25, -0.2) is 0 Å². The summed E-state index contributed by atoms with van der Waals surface area (Å²) in [6, 6.07) is 13.7. The Morgan fingerprint density at radius 3 is 2.62 bits per heavy atom. The normalized spacial score (nSPS) is 15.1. The van der Waals surface area contributed by atoms with Crippen LogP contribution >= 0.6 is 11.6 Å². The van der Waals surface area contributed by atoms with Gasteiger partial charge in [0.2, 0.25) is 5.91 Å². The van der Waals surface area contributed by atoms with Crippen LogP contribution in [0.3, 0.4) is 0 Å². The number of rotatable bonds is 7. The molecule has 6 nitrogen and oxygen atoms in total. The first kappa shape index (κ1) is 21.3. The van der Waals surface area contributed by atoms with Crippen molar-refractivity contribution in [2.75, 3.05) is 44.2 Å². The van der Waals surface area contributed by atoms with Gasteiger partial charge in [0.15, 0.2) is 0 Å². The molecule has 0 unspecified atom stereocenters. The summed E-state index contributed by atoms with van der Waals surface area (Å²) in [5, 5.41) is 9.66. The summed E-state index contributed by atoms with van der Waals surface area (Å²) in [4.78, 5) is 23.6. The predicted molar refractivity (Wildman–Crippen MR) is 115 cm³/mol. The molecular weight excluding hydrogens is 386 g/mol. The molecule has 0 aliphatic carbocycles. The highest BCUT2D eigenvalue weighted by molar-refractivity contribution is 6.31. The second-order valence-corrected chi connectivity index (χ2v) is 7.67. The third kappa shape index (κ3) is 6.01. The van der Waals surface area contributed by atoms with Gasteiger partial charge in [-0.3, -0.25) is 19.6 Å². The second-order valence-electron chi connectivity index (χ2n) is 7.26. The third-order valence-corrected chi connectivity index (χ3v) is 5.56. The van der Waals surface area contributed by atoms with Gasteiger partial charge in [-0.05, 0) is 42.8 Å². The minimum absolute atomic E-state index is 0.0140. The number of hydrogen-bond donors (Lipinski definition) is 0. The minimum Gasteiger partial charge on any atom is -0.310 e. The highest BCUT2D eigenvalue weighted by Gasteiger charge is 2.23. The van der Waals surface area contributed by atoms with Gasteiger partial charge >= 0.3 is 0 Å². The standard InChI is InChI=1S/C22H26ClN5O/c1-18-15-20(6-7-21(18)23)28(10-4-8-24)22(29)17-27-13-11-26(12-14-27)16-19-5-2-3-9-25-19/h2-3,5-7,9,15H,4,10-14,16-17H2,1H3. The van der Waals surface area contributed by atoms with Gasteiger partial charge < -0.3 is 4.90 Å². The molecule has 2 heterocycles. The average Bonchev–Trinajstić information content (AvgIpc) is 2.73. The van der Waals surface area contributed by atoms with E-state index in [9.17, 15) is 4.79 Å². The highest BCUT2D eigenvalue weighted by Crippen LogP contribution is 2.23. The molecule has 7 heteroatoms. The van der Waals surface area contributed by atoms with E-state index in [1.807, 2.05) is 43.5 Å². The second kappa shape index (κ2) is 10.4. The molecule has 0 bridgehead atoms. The Labute approximate surface area is 177 Å². The fourth-order valence-corrected chi connectivity index (χ4v) is 3.58. The monoisotopic (exact) mass is 411 g/mol. The fraction of sp³-hybridized carbons (Fsp3) is 0.409. The van der Waals surface area contributed by atoms with Crippen molar-refractivity contribution in [1.29, 1.82) is 5.26 Å². The number of halogens is 1. The first-order valence-corrected chi connectivity index (χ1v) is 10.2. The Morgan fingerprint density at radius 2 is 1.97 bits per heavy atom. The van der Waals surface area contributed by atoms with Crippen LogP contribution in [0.25, 0.3) is 0 Å². The molecular formula is C22H26ClN5O. The number of nitriles is 1. The van der Waals surface area contributed by atoms with E-state index >= 15 is 0 Å². The molecule has 0 radical (unpaired) electrons. The maximum atomic E-state index is 13.0. The molecule has 1 fully saturated rings. The molecule has 152 valence electrons. The molecule has 0 atom stereocenters. The highest BCUT2D eigenvalue weighted by atomic mass is 35.5. The van der Waals surface area contributed by atoms with Crippen LogP contribution in [0.2, 0.25) is 5.02 Å². The van der Waals surface area contributed by atoms with Gasteiger partial charge in [0, 0.05) is 56.2 Å². The molecule has 1 aliphatic heterocycles. The summed E-state index contributed by atoms with van der Waals surface area (Å²) in [6.45, 7) is 6.97. The molecule has 1 amide bonds. The smallest absolute Gasteiger partial charge is 0.241 e. The van der Waals surface area contributed by atoms with Crippen molar-refractivity contribution in [3.63, 3.8) is 0 Å². The van der Waals surface area contributed by atoms with Crippen molar-refractivity contribution in [3.05, 3.63) is 58.9 Å². The van der Waals surface area contributed by atoms with Gasteiger partial charge in [-0.2, -0.15) is 5.26 Å². The lowest BCUT2D eigenvalue weighted by molar-refractivity contribution is -0.120. The summed E-state index contributed by atoms with van der Waals surface area (Å²) in [7, 11) is 0.